The maximum atomic E-state index is 11.4. The van der Waals surface area contributed by atoms with E-state index in [0.717, 1.165) is 0 Å². The van der Waals surface area contributed by atoms with Crippen LogP contribution >= 0.6 is 0 Å². The van der Waals surface area contributed by atoms with Crippen molar-refractivity contribution in [2.45, 2.75) is 39.3 Å². The van der Waals surface area contributed by atoms with Crippen molar-refractivity contribution in [1.82, 2.24) is 5.32 Å². The number of hydrogen-bond donors (Lipinski definition) is 1. The molecule has 0 bridgehead atoms. The van der Waals surface area contributed by atoms with Crippen LogP contribution in [0.1, 0.15) is 38.8 Å². The van der Waals surface area contributed by atoms with Crippen LogP contribution in [0.5, 0.6) is 0 Å². The quantitative estimate of drug-likeness (QED) is 0.788. The number of methoxy groups -OCH3 is 1. The van der Waals surface area contributed by atoms with Crippen molar-refractivity contribution in [2.24, 2.45) is 5.92 Å². The van der Waals surface area contributed by atoms with Gasteiger partial charge in [-0.25, -0.2) is 0 Å². The van der Waals surface area contributed by atoms with E-state index in [2.05, 4.69) is 38.2 Å². The zero-order chi connectivity index (χ0) is 13.5. The van der Waals surface area contributed by atoms with E-state index in [1.54, 1.807) is 0 Å². The van der Waals surface area contributed by atoms with Crippen molar-refractivity contribution in [3.8, 4) is 0 Å². The molecular weight excluding hydrogens is 226 g/mol. The summed E-state index contributed by atoms with van der Waals surface area (Å²) in [6.07, 6.45) is 0.408. The number of hydrogen-bond acceptors (Lipinski definition) is 3. The Morgan fingerprint density at radius 1 is 1.22 bits per heavy atom. The summed E-state index contributed by atoms with van der Waals surface area (Å²) in [6, 6.07) is 10.6. The third-order valence-corrected chi connectivity index (χ3v) is 3.18. The molecule has 2 atom stereocenters. The first kappa shape index (κ1) is 14.7. The van der Waals surface area contributed by atoms with Crippen LogP contribution in [0.2, 0.25) is 0 Å². The molecule has 0 saturated carbocycles. The van der Waals surface area contributed by atoms with Gasteiger partial charge in [0.2, 0.25) is 0 Å². The second-order valence-electron chi connectivity index (χ2n) is 4.93. The van der Waals surface area contributed by atoms with Crippen LogP contribution in [0.25, 0.3) is 0 Å². The Hall–Kier alpha value is -1.35. The molecule has 1 N–H and O–H groups in total. The molecule has 0 aliphatic rings. The van der Waals surface area contributed by atoms with Crippen LogP contribution in [0.3, 0.4) is 0 Å². The minimum Gasteiger partial charge on any atom is -0.469 e. The van der Waals surface area contributed by atoms with Gasteiger partial charge < -0.3 is 10.1 Å². The van der Waals surface area contributed by atoms with E-state index in [4.69, 9.17) is 4.74 Å². The smallest absolute Gasteiger partial charge is 0.307 e. The molecule has 0 spiro atoms. The number of benzene rings is 1. The highest BCUT2D eigenvalue weighted by Crippen LogP contribution is 2.16. The number of ether oxygens (including phenoxy) is 1. The SMILES string of the molecule is COC(=O)CC(NC(C)c1ccccc1)C(C)C. The second kappa shape index (κ2) is 7.17. The Balaban J connectivity index is 2.63. The molecule has 3 nitrogen and oxygen atoms in total. The largest absolute Gasteiger partial charge is 0.469 e. The number of rotatable bonds is 6. The van der Waals surface area contributed by atoms with Crippen LogP contribution in [-0.4, -0.2) is 19.1 Å². The molecule has 0 saturated heterocycles. The predicted molar refractivity (Wildman–Crippen MR) is 73.3 cm³/mol. The molecule has 1 rings (SSSR count). The van der Waals surface area contributed by atoms with Crippen molar-refractivity contribution < 1.29 is 9.53 Å². The highest BCUT2D eigenvalue weighted by molar-refractivity contribution is 5.69. The fraction of sp³-hybridized carbons (Fsp3) is 0.533. The van der Waals surface area contributed by atoms with E-state index < -0.39 is 0 Å². The van der Waals surface area contributed by atoms with Crippen LogP contribution in [0.15, 0.2) is 30.3 Å². The minimum absolute atomic E-state index is 0.132. The maximum absolute atomic E-state index is 11.4. The van der Waals surface area contributed by atoms with Gasteiger partial charge in [-0.15, -0.1) is 0 Å². The van der Waals surface area contributed by atoms with Crippen molar-refractivity contribution in [2.75, 3.05) is 7.11 Å². The lowest BCUT2D eigenvalue weighted by Crippen LogP contribution is -2.37. The van der Waals surface area contributed by atoms with Gasteiger partial charge in [-0.1, -0.05) is 44.2 Å². The van der Waals surface area contributed by atoms with E-state index in [1.165, 1.54) is 12.7 Å². The second-order valence-corrected chi connectivity index (χ2v) is 4.93. The average Bonchev–Trinajstić information content (AvgIpc) is 2.38. The standard InChI is InChI=1S/C15H23NO2/c1-11(2)14(10-15(17)18-4)16-12(3)13-8-6-5-7-9-13/h5-9,11-12,14,16H,10H2,1-4H3. The topological polar surface area (TPSA) is 38.3 Å². The maximum Gasteiger partial charge on any atom is 0.307 e. The number of nitrogens with one attached hydrogen (secondary N) is 1. The summed E-state index contributed by atoms with van der Waals surface area (Å²) in [7, 11) is 1.43. The molecule has 2 unspecified atom stereocenters. The molecule has 100 valence electrons. The first-order valence-electron chi connectivity index (χ1n) is 6.42. The van der Waals surface area contributed by atoms with Crippen molar-refractivity contribution >= 4 is 5.97 Å². The number of esters is 1. The Morgan fingerprint density at radius 2 is 1.83 bits per heavy atom. The highest BCUT2D eigenvalue weighted by atomic mass is 16.5. The van der Waals surface area contributed by atoms with E-state index >= 15 is 0 Å². The van der Waals surface area contributed by atoms with Crippen LogP contribution in [-0.2, 0) is 9.53 Å². The Bertz CT molecular complexity index is 362. The summed E-state index contributed by atoms with van der Waals surface area (Å²) in [4.78, 5) is 11.4. The lowest BCUT2D eigenvalue weighted by Gasteiger charge is -2.26. The zero-order valence-electron chi connectivity index (χ0n) is 11.6. The Kier molecular flexibility index (Phi) is 5.86. The van der Waals surface area contributed by atoms with Gasteiger partial charge in [-0.2, -0.15) is 0 Å². The van der Waals surface area contributed by atoms with Gasteiger partial charge in [-0.05, 0) is 18.4 Å². The lowest BCUT2D eigenvalue weighted by atomic mass is 9.98. The summed E-state index contributed by atoms with van der Waals surface area (Å²) >= 11 is 0. The molecule has 0 heterocycles. The molecule has 0 amide bonds. The van der Waals surface area contributed by atoms with E-state index in [0.29, 0.717) is 12.3 Å². The van der Waals surface area contributed by atoms with Crippen LogP contribution < -0.4 is 5.32 Å². The molecule has 0 fully saturated rings. The van der Waals surface area contributed by atoms with Crippen LogP contribution in [0, 0.1) is 5.92 Å². The average molecular weight is 249 g/mol. The van der Waals surface area contributed by atoms with Gasteiger partial charge >= 0.3 is 5.97 Å². The summed E-state index contributed by atoms with van der Waals surface area (Å²) in [5, 5.41) is 3.50. The Labute approximate surface area is 110 Å². The fourth-order valence-electron chi connectivity index (χ4n) is 1.91. The van der Waals surface area contributed by atoms with Gasteiger partial charge in [0, 0.05) is 12.1 Å². The van der Waals surface area contributed by atoms with Gasteiger partial charge in [0.1, 0.15) is 0 Å². The zero-order valence-corrected chi connectivity index (χ0v) is 11.6. The first-order valence-corrected chi connectivity index (χ1v) is 6.42. The summed E-state index contributed by atoms with van der Waals surface area (Å²) < 4.78 is 4.74. The van der Waals surface area contributed by atoms with Crippen molar-refractivity contribution in [1.29, 1.82) is 0 Å². The van der Waals surface area contributed by atoms with E-state index in [1.807, 2.05) is 18.2 Å². The summed E-state index contributed by atoms with van der Waals surface area (Å²) in [5.41, 5.74) is 1.23. The Morgan fingerprint density at radius 3 is 2.33 bits per heavy atom. The molecular formula is C15H23NO2. The molecule has 0 aliphatic heterocycles. The van der Waals surface area contributed by atoms with Gasteiger partial charge in [0.15, 0.2) is 0 Å². The molecule has 0 aromatic heterocycles. The monoisotopic (exact) mass is 249 g/mol. The highest BCUT2D eigenvalue weighted by Gasteiger charge is 2.20. The van der Waals surface area contributed by atoms with Gasteiger partial charge in [0.05, 0.1) is 13.5 Å². The fourth-order valence-corrected chi connectivity index (χ4v) is 1.91. The summed E-state index contributed by atoms with van der Waals surface area (Å²) in [6.45, 7) is 6.33. The van der Waals surface area contributed by atoms with Gasteiger partial charge in [-0.3, -0.25) is 4.79 Å². The molecule has 1 aromatic carbocycles. The number of carbonyl (C=O) groups is 1. The number of carbonyl (C=O) groups excluding carboxylic acids is 1. The summed E-state index contributed by atoms with van der Waals surface area (Å²) in [5.74, 6) is 0.219. The molecule has 0 aliphatic carbocycles. The first-order chi connectivity index (χ1) is 8.54. The minimum atomic E-state index is -0.165. The van der Waals surface area contributed by atoms with E-state index in [9.17, 15) is 4.79 Å². The van der Waals surface area contributed by atoms with Crippen LogP contribution in [0.4, 0.5) is 0 Å². The lowest BCUT2D eigenvalue weighted by molar-refractivity contribution is -0.141. The molecule has 18 heavy (non-hydrogen) atoms. The normalized spacial score (nSPS) is 14.3. The predicted octanol–water partition coefficient (Wildman–Crippen LogP) is 2.92. The van der Waals surface area contributed by atoms with Crippen molar-refractivity contribution in [3.05, 3.63) is 35.9 Å². The third kappa shape index (κ3) is 4.49. The third-order valence-electron chi connectivity index (χ3n) is 3.18. The van der Waals surface area contributed by atoms with Crippen molar-refractivity contribution in [3.63, 3.8) is 0 Å². The molecule has 1 aromatic rings. The molecule has 0 radical (unpaired) electrons. The molecule has 3 heteroatoms. The van der Waals surface area contributed by atoms with E-state index in [-0.39, 0.29) is 18.1 Å². The van der Waals surface area contributed by atoms with Gasteiger partial charge in [0.25, 0.3) is 0 Å².